The van der Waals surface area contributed by atoms with Crippen molar-refractivity contribution in [3.63, 3.8) is 0 Å². The summed E-state index contributed by atoms with van der Waals surface area (Å²) in [5.41, 5.74) is 3.30. The van der Waals surface area contributed by atoms with Gasteiger partial charge in [0.2, 0.25) is 0 Å². The van der Waals surface area contributed by atoms with E-state index in [9.17, 15) is 5.11 Å². The lowest BCUT2D eigenvalue weighted by atomic mass is 10.0. The van der Waals surface area contributed by atoms with Crippen LogP contribution in [0.1, 0.15) is 31.4 Å². The first kappa shape index (κ1) is 21.5. The van der Waals surface area contributed by atoms with E-state index in [2.05, 4.69) is 48.2 Å². The SMILES string of the molecule is CC(C)COC[C@H](O)CN(Cc1ccccc1)C[C@H]1CC(c2ccccc2)=NO1. The molecule has 156 valence electrons. The second-order valence-electron chi connectivity index (χ2n) is 8.10. The van der Waals surface area contributed by atoms with Crippen molar-refractivity contribution in [3.05, 3.63) is 71.8 Å². The van der Waals surface area contributed by atoms with Crippen LogP contribution in [0.25, 0.3) is 0 Å². The largest absolute Gasteiger partial charge is 0.390 e. The Bertz CT molecular complexity index is 749. The Kier molecular flexibility index (Phi) is 8.23. The van der Waals surface area contributed by atoms with Crippen LogP contribution in [-0.2, 0) is 16.1 Å². The van der Waals surface area contributed by atoms with E-state index >= 15 is 0 Å². The molecule has 5 heteroatoms. The minimum Gasteiger partial charge on any atom is -0.390 e. The number of hydrogen-bond donors (Lipinski definition) is 1. The van der Waals surface area contributed by atoms with E-state index in [1.807, 2.05) is 36.4 Å². The molecule has 5 nitrogen and oxygen atoms in total. The zero-order valence-electron chi connectivity index (χ0n) is 17.4. The topological polar surface area (TPSA) is 54.3 Å². The van der Waals surface area contributed by atoms with Gasteiger partial charge in [0.1, 0.15) is 6.10 Å². The summed E-state index contributed by atoms with van der Waals surface area (Å²) >= 11 is 0. The van der Waals surface area contributed by atoms with Crippen LogP contribution >= 0.6 is 0 Å². The van der Waals surface area contributed by atoms with Crippen molar-refractivity contribution < 1.29 is 14.7 Å². The molecule has 1 heterocycles. The van der Waals surface area contributed by atoms with Gasteiger partial charge in [-0.05, 0) is 17.0 Å². The molecule has 2 atom stereocenters. The Hall–Kier alpha value is -2.21. The van der Waals surface area contributed by atoms with Crippen LogP contribution in [0.3, 0.4) is 0 Å². The average Bonchev–Trinajstić information content (AvgIpc) is 3.17. The van der Waals surface area contributed by atoms with E-state index in [1.54, 1.807) is 0 Å². The summed E-state index contributed by atoms with van der Waals surface area (Å²) in [5, 5.41) is 14.8. The number of oxime groups is 1. The monoisotopic (exact) mass is 396 g/mol. The number of aliphatic hydroxyl groups excluding tert-OH is 1. The molecule has 1 N–H and O–H groups in total. The molecule has 0 spiro atoms. The molecule has 0 amide bonds. The first-order chi connectivity index (χ1) is 14.1. The van der Waals surface area contributed by atoms with Gasteiger partial charge in [0, 0.05) is 32.7 Å². The zero-order chi connectivity index (χ0) is 20.5. The molecule has 1 aliphatic heterocycles. The van der Waals surface area contributed by atoms with Crippen LogP contribution in [0, 0.1) is 5.92 Å². The van der Waals surface area contributed by atoms with Crippen molar-refractivity contribution in [1.29, 1.82) is 0 Å². The highest BCUT2D eigenvalue weighted by Crippen LogP contribution is 2.18. The van der Waals surface area contributed by atoms with Gasteiger partial charge in [-0.25, -0.2) is 0 Å². The highest BCUT2D eigenvalue weighted by molar-refractivity contribution is 6.01. The molecule has 0 aromatic heterocycles. The Morgan fingerprint density at radius 2 is 1.76 bits per heavy atom. The van der Waals surface area contributed by atoms with Gasteiger partial charge in [0.05, 0.1) is 18.4 Å². The second kappa shape index (κ2) is 11.1. The summed E-state index contributed by atoms with van der Waals surface area (Å²) in [7, 11) is 0. The van der Waals surface area contributed by atoms with E-state index < -0.39 is 6.10 Å². The first-order valence-electron chi connectivity index (χ1n) is 10.4. The van der Waals surface area contributed by atoms with Crippen molar-refractivity contribution in [1.82, 2.24) is 4.90 Å². The van der Waals surface area contributed by atoms with Gasteiger partial charge in [0.25, 0.3) is 0 Å². The van der Waals surface area contributed by atoms with E-state index in [-0.39, 0.29) is 6.10 Å². The second-order valence-corrected chi connectivity index (χ2v) is 8.10. The zero-order valence-corrected chi connectivity index (χ0v) is 17.4. The summed E-state index contributed by atoms with van der Waals surface area (Å²) < 4.78 is 5.62. The standard InChI is InChI=1S/C24H32N2O3/c1-19(2)17-28-18-22(27)15-26(14-20-9-5-3-6-10-20)16-23-13-24(25-29-23)21-11-7-4-8-12-21/h3-12,19,22-23,27H,13-18H2,1-2H3/t22-,23-/m1/s1. The summed E-state index contributed by atoms with van der Waals surface area (Å²) in [6, 6.07) is 20.5. The van der Waals surface area contributed by atoms with Crippen molar-refractivity contribution >= 4 is 5.71 Å². The molecular formula is C24H32N2O3. The molecule has 0 saturated heterocycles. The molecule has 0 aliphatic carbocycles. The van der Waals surface area contributed by atoms with Crippen molar-refractivity contribution in [2.24, 2.45) is 11.1 Å². The maximum Gasteiger partial charge on any atom is 0.145 e. The number of benzene rings is 2. The Morgan fingerprint density at radius 3 is 2.45 bits per heavy atom. The van der Waals surface area contributed by atoms with Gasteiger partial charge >= 0.3 is 0 Å². The number of nitrogens with zero attached hydrogens (tertiary/aromatic N) is 2. The fraction of sp³-hybridized carbons (Fsp3) is 0.458. The van der Waals surface area contributed by atoms with E-state index in [0.29, 0.717) is 32.2 Å². The number of rotatable bonds is 11. The van der Waals surface area contributed by atoms with Crippen LogP contribution in [0.4, 0.5) is 0 Å². The lowest BCUT2D eigenvalue weighted by Gasteiger charge is -2.27. The predicted octanol–water partition coefficient (Wildman–Crippen LogP) is 3.72. The van der Waals surface area contributed by atoms with Crippen molar-refractivity contribution in [2.75, 3.05) is 26.3 Å². The lowest BCUT2D eigenvalue weighted by Crippen LogP contribution is -2.39. The molecule has 2 aromatic rings. The minimum atomic E-state index is -0.534. The minimum absolute atomic E-state index is 0.0160. The summed E-state index contributed by atoms with van der Waals surface area (Å²) in [6.45, 7) is 7.22. The molecule has 0 fully saturated rings. The smallest absolute Gasteiger partial charge is 0.145 e. The third-order valence-corrected chi connectivity index (χ3v) is 4.78. The number of ether oxygens (including phenoxy) is 1. The van der Waals surface area contributed by atoms with Crippen LogP contribution < -0.4 is 0 Å². The van der Waals surface area contributed by atoms with E-state index in [0.717, 1.165) is 24.2 Å². The number of aliphatic hydroxyl groups is 1. The van der Waals surface area contributed by atoms with Crippen molar-refractivity contribution in [2.45, 2.75) is 39.0 Å². The summed E-state index contributed by atoms with van der Waals surface area (Å²) in [6.07, 6.45) is 0.223. The van der Waals surface area contributed by atoms with Gasteiger partial charge in [-0.2, -0.15) is 0 Å². The fourth-order valence-electron chi connectivity index (χ4n) is 3.45. The maximum atomic E-state index is 10.5. The molecule has 29 heavy (non-hydrogen) atoms. The Balaban J connectivity index is 1.56. The van der Waals surface area contributed by atoms with Crippen LogP contribution in [-0.4, -0.2) is 54.2 Å². The van der Waals surface area contributed by atoms with Gasteiger partial charge in [-0.15, -0.1) is 0 Å². The molecule has 0 saturated carbocycles. The molecular weight excluding hydrogens is 364 g/mol. The van der Waals surface area contributed by atoms with Gasteiger partial charge in [0.15, 0.2) is 0 Å². The molecule has 0 radical (unpaired) electrons. The van der Waals surface area contributed by atoms with Crippen molar-refractivity contribution in [3.8, 4) is 0 Å². The highest BCUT2D eigenvalue weighted by Gasteiger charge is 2.25. The van der Waals surface area contributed by atoms with Gasteiger partial charge < -0.3 is 14.7 Å². The van der Waals surface area contributed by atoms with Gasteiger partial charge in [-0.3, -0.25) is 4.90 Å². The van der Waals surface area contributed by atoms with Crippen LogP contribution in [0.5, 0.6) is 0 Å². The van der Waals surface area contributed by atoms with Crippen LogP contribution in [0.2, 0.25) is 0 Å². The number of hydrogen-bond acceptors (Lipinski definition) is 5. The molecule has 1 aliphatic rings. The fourth-order valence-corrected chi connectivity index (χ4v) is 3.45. The predicted molar refractivity (Wildman–Crippen MR) is 116 cm³/mol. The lowest BCUT2D eigenvalue weighted by molar-refractivity contribution is -0.00734. The third kappa shape index (κ3) is 7.28. The quantitative estimate of drug-likeness (QED) is 0.629. The van der Waals surface area contributed by atoms with E-state index in [4.69, 9.17) is 9.57 Å². The Labute approximate surface area is 173 Å². The third-order valence-electron chi connectivity index (χ3n) is 4.78. The normalized spacial score (nSPS) is 17.4. The molecule has 0 unspecified atom stereocenters. The van der Waals surface area contributed by atoms with Crippen LogP contribution in [0.15, 0.2) is 65.8 Å². The van der Waals surface area contributed by atoms with E-state index in [1.165, 1.54) is 5.56 Å². The molecule has 3 rings (SSSR count). The highest BCUT2D eigenvalue weighted by atomic mass is 16.6. The molecule has 2 aromatic carbocycles. The maximum absolute atomic E-state index is 10.5. The van der Waals surface area contributed by atoms with Gasteiger partial charge in [-0.1, -0.05) is 79.7 Å². The summed E-state index contributed by atoms with van der Waals surface area (Å²) in [5.74, 6) is 0.461. The Morgan fingerprint density at radius 1 is 1.07 bits per heavy atom. The average molecular weight is 397 g/mol. The molecule has 0 bridgehead atoms. The first-order valence-corrected chi connectivity index (χ1v) is 10.4. The summed E-state index contributed by atoms with van der Waals surface area (Å²) in [4.78, 5) is 7.94.